The fraction of sp³-hybridized carbons (Fsp3) is 0.381. The topological polar surface area (TPSA) is 78.7 Å². The molecule has 0 radical (unpaired) electrons. The smallest absolute Gasteiger partial charge is 0.269 e. The van der Waals surface area contributed by atoms with E-state index in [4.69, 9.17) is 0 Å². The predicted molar refractivity (Wildman–Crippen MR) is 110 cm³/mol. The van der Waals surface area contributed by atoms with E-state index < -0.39 is 4.92 Å². The number of nitro benzene ring substituents is 1. The van der Waals surface area contributed by atoms with Crippen LogP contribution in [0.15, 0.2) is 48.5 Å². The highest BCUT2D eigenvalue weighted by atomic mass is 16.6. The Labute approximate surface area is 165 Å². The average molecular weight is 382 g/mol. The van der Waals surface area contributed by atoms with Gasteiger partial charge in [0.15, 0.2) is 0 Å². The third-order valence-corrected chi connectivity index (χ3v) is 5.07. The van der Waals surface area contributed by atoms with Gasteiger partial charge < -0.3 is 15.1 Å². The monoisotopic (exact) mass is 382 g/mol. The molecule has 0 aromatic heterocycles. The number of aryl methyl sites for hydroxylation is 1. The molecule has 1 heterocycles. The molecule has 0 bridgehead atoms. The SMILES string of the molecule is CN1CCN(c2ccc(CCCNC(=O)c3ccc([N+](=O)[O-])cc3)cc2)CC1. The molecule has 0 atom stereocenters. The second-order valence-corrected chi connectivity index (χ2v) is 7.12. The van der Waals surface area contributed by atoms with Gasteiger partial charge in [-0.05, 0) is 49.7 Å². The fourth-order valence-electron chi connectivity index (χ4n) is 3.27. The Balaban J connectivity index is 1.41. The van der Waals surface area contributed by atoms with Crippen molar-refractivity contribution in [2.75, 3.05) is 44.7 Å². The van der Waals surface area contributed by atoms with Crippen molar-refractivity contribution in [2.45, 2.75) is 12.8 Å². The van der Waals surface area contributed by atoms with Crippen LogP contribution in [0.25, 0.3) is 0 Å². The number of piperazine rings is 1. The van der Waals surface area contributed by atoms with Crippen molar-refractivity contribution in [1.82, 2.24) is 10.2 Å². The number of amides is 1. The summed E-state index contributed by atoms with van der Waals surface area (Å²) in [6, 6.07) is 14.3. The zero-order chi connectivity index (χ0) is 19.9. The standard InChI is InChI=1S/C21H26N4O3/c1-23-13-15-24(16-14-23)19-8-4-17(5-9-19)3-2-12-22-21(26)18-6-10-20(11-7-18)25(27)28/h4-11H,2-3,12-16H2,1H3,(H,22,26). The molecule has 2 aromatic carbocycles. The fourth-order valence-corrected chi connectivity index (χ4v) is 3.27. The van der Waals surface area contributed by atoms with Crippen LogP contribution in [0.3, 0.4) is 0 Å². The first-order valence-corrected chi connectivity index (χ1v) is 9.58. The number of likely N-dealkylation sites (N-methyl/N-ethyl adjacent to an activating group) is 1. The highest BCUT2D eigenvalue weighted by molar-refractivity contribution is 5.94. The number of carbonyl (C=O) groups is 1. The van der Waals surface area contributed by atoms with Crippen LogP contribution >= 0.6 is 0 Å². The summed E-state index contributed by atoms with van der Waals surface area (Å²) in [4.78, 5) is 27.0. The summed E-state index contributed by atoms with van der Waals surface area (Å²) < 4.78 is 0. The summed E-state index contributed by atoms with van der Waals surface area (Å²) in [7, 11) is 2.15. The molecule has 0 unspecified atom stereocenters. The number of nitrogens with zero attached hydrogens (tertiary/aromatic N) is 3. The minimum atomic E-state index is -0.476. The van der Waals surface area contributed by atoms with Crippen LogP contribution in [0.2, 0.25) is 0 Å². The van der Waals surface area contributed by atoms with E-state index in [0.717, 1.165) is 39.0 Å². The minimum absolute atomic E-state index is 0.0171. The molecular weight excluding hydrogens is 356 g/mol. The number of benzene rings is 2. The largest absolute Gasteiger partial charge is 0.369 e. The van der Waals surface area contributed by atoms with Gasteiger partial charge >= 0.3 is 0 Å². The molecule has 2 aromatic rings. The summed E-state index contributed by atoms with van der Waals surface area (Å²) in [5.41, 5.74) is 2.93. The molecule has 0 aliphatic carbocycles. The number of rotatable bonds is 7. The Hall–Kier alpha value is -2.93. The summed E-state index contributed by atoms with van der Waals surface area (Å²) in [6.07, 6.45) is 1.73. The highest BCUT2D eigenvalue weighted by Crippen LogP contribution is 2.17. The minimum Gasteiger partial charge on any atom is -0.369 e. The van der Waals surface area contributed by atoms with Gasteiger partial charge in [-0.3, -0.25) is 14.9 Å². The van der Waals surface area contributed by atoms with Gasteiger partial charge in [0.1, 0.15) is 0 Å². The van der Waals surface area contributed by atoms with Crippen molar-refractivity contribution < 1.29 is 9.72 Å². The summed E-state index contributed by atoms with van der Waals surface area (Å²) >= 11 is 0. The van der Waals surface area contributed by atoms with E-state index in [-0.39, 0.29) is 11.6 Å². The maximum atomic E-state index is 12.1. The second kappa shape index (κ2) is 9.32. The summed E-state index contributed by atoms with van der Waals surface area (Å²) in [6.45, 7) is 4.87. The van der Waals surface area contributed by atoms with Gasteiger partial charge in [0.25, 0.3) is 11.6 Å². The first-order valence-electron chi connectivity index (χ1n) is 9.58. The van der Waals surface area contributed by atoms with E-state index in [2.05, 4.69) is 46.4 Å². The number of hydrogen-bond acceptors (Lipinski definition) is 5. The van der Waals surface area contributed by atoms with Crippen molar-refractivity contribution >= 4 is 17.3 Å². The van der Waals surface area contributed by atoms with E-state index in [1.165, 1.54) is 35.5 Å². The first kappa shape index (κ1) is 19.8. The summed E-state index contributed by atoms with van der Waals surface area (Å²) in [5, 5.41) is 13.5. The Kier molecular flexibility index (Phi) is 6.60. The van der Waals surface area contributed by atoms with Crippen LogP contribution in [-0.4, -0.2) is 55.5 Å². The number of nitro groups is 1. The van der Waals surface area contributed by atoms with Crippen molar-refractivity contribution in [3.05, 3.63) is 69.8 Å². The number of nitrogens with one attached hydrogen (secondary N) is 1. The lowest BCUT2D eigenvalue weighted by Gasteiger charge is -2.34. The van der Waals surface area contributed by atoms with E-state index in [0.29, 0.717) is 12.1 Å². The molecule has 0 saturated carbocycles. The quantitative estimate of drug-likeness (QED) is 0.453. The molecule has 7 nitrogen and oxygen atoms in total. The van der Waals surface area contributed by atoms with Crippen molar-refractivity contribution in [3.63, 3.8) is 0 Å². The maximum Gasteiger partial charge on any atom is 0.269 e. The molecule has 1 aliphatic rings. The number of anilines is 1. The molecule has 7 heteroatoms. The van der Waals surface area contributed by atoms with Gasteiger partial charge in [0.2, 0.25) is 0 Å². The van der Waals surface area contributed by atoms with Crippen molar-refractivity contribution in [3.8, 4) is 0 Å². The van der Waals surface area contributed by atoms with Gasteiger partial charge in [-0.25, -0.2) is 0 Å². The predicted octanol–water partition coefficient (Wildman–Crippen LogP) is 2.71. The number of non-ortho nitro benzene ring substituents is 1. The summed E-state index contributed by atoms with van der Waals surface area (Å²) in [5.74, 6) is -0.208. The van der Waals surface area contributed by atoms with Gasteiger partial charge in [-0.1, -0.05) is 12.1 Å². The Morgan fingerprint density at radius 1 is 1.04 bits per heavy atom. The van der Waals surface area contributed by atoms with Crippen LogP contribution in [0.4, 0.5) is 11.4 Å². The lowest BCUT2D eigenvalue weighted by molar-refractivity contribution is -0.384. The Morgan fingerprint density at radius 3 is 2.29 bits per heavy atom. The Bertz CT molecular complexity index is 797. The number of carbonyl (C=O) groups excluding carboxylic acids is 1. The third kappa shape index (κ3) is 5.29. The molecular formula is C21H26N4O3. The van der Waals surface area contributed by atoms with Crippen LogP contribution in [0.5, 0.6) is 0 Å². The van der Waals surface area contributed by atoms with Gasteiger partial charge in [-0.15, -0.1) is 0 Å². The zero-order valence-corrected chi connectivity index (χ0v) is 16.1. The van der Waals surface area contributed by atoms with E-state index >= 15 is 0 Å². The first-order chi connectivity index (χ1) is 13.5. The third-order valence-electron chi connectivity index (χ3n) is 5.07. The highest BCUT2D eigenvalue weighted by Gasteiger charge is 2.14. The molecule has 1 N–H and O–H groups in total. The van der Waals surface area contributed by atoms with Crippen LogP contribution in [0.1, 0.15) is 22.3 Å². The normalized spacial score (nSPS) is 14.7. The molecule has 1 fully saturated rings. The van der Waals surface area contributed by atoms with E-state index in [1.54, 1.807) is 0 Å². The van der Waals surface area contributed by atoms with E-state index in [9.17, 15) is 14.9 Å². The van der Waals surface area contributed by atoms with Crippen LogP contribution in [0, 0.1) is 10.1 Å². The molecule has 28 heavy (non-hydrogen) atoms. The molecule has 3 rings (SSSR count). The molecule has 148 valence electrons. The lowest BCUT2D eigenvalue weighted by atomic mass is 10.1. The Morgan fingerprint density at radius 2 is 1.68 bits per heavy atom. The lowest BCUT2D eigenvalue weighted by Crippen LogP contribution is -2.44. The van der Waals surface area contributed by atoms with Gasteiger partial charge in [0, 0.05) is 56.1 Å². The van der Waals surface area contributed by atoms with Crippen molar-refractivity contribution in [2.24, 2.45) is 0 Å². The molecule has 0 spiro atoms. The van der Waals surface area contributed by atoms with Crippen molar-refractivity contribution in [1.29, 1.82) is 0 Å². The molecule has 1 aliphatic heterocycles. The van der Waals surface area contributed by atoms with Gasteiger partial charge in [-0.2, -0.15) is 0 Å². The zero-order valence-electron chi connectivity index (χ0n) is 16.1. The van der Waals surface area contributed by atoms with Crippen LogP contribution < -0.4 is 10.2 Å². The second-order valence-electron chi connectivity index (χ2n) is 7.12. The van der Waals surface area contributed by atoms with Crippen LogP contribution in [-0.2, 0) is 6.42 Å². The van der Waals surface area contributed by atoms with Gasteiger partial charge in [0.05, 0.1) is 4.92 Å². The molecule has 1 saturated heterocycles. The van der Waals surface area contributed by atoms with E-state index in [1.807, 2.05) is 0 Å². The maximum absolute atomic E-state index is 12.1. The number of hydrogen-bond donors (Lipinski definition) is 1. The molecule has 1 amide bonds. The average Bonchev–Trinajstić information content (AvgIpc) is 2.72.